The van der Waals surface area contributed by atoms with Gasteiger partial charge in [0, 0.05) is 18.1 Å². The second kappa shape index (κ2) is 7.54. The maximum Gasteiger partial charge on any atom is 0.274 e. The van der Waals surface area contributed by atoms with E-state index in [-0.39, 0.29) is 23.2 Å². The molecule has 1 aromatic heterocycles. The van der Waals surface area contributed by atoms with Crippen molar-refractivity contribution in [2.24, 2.45) is 0 Å². The zero-order valence-corrected chi connectivity index (χ0v) is 15.2. The fourth-order valence-electron chi connectivity index (χ4n) is 2.63. The summed E-state index contributed by atoms with van der Waals surface area (Å²) in [5.74, 6) is -0.276. The maximum atomic E-state index is 12.9. The van der Waals surface area contributed by atoms with Crippen molar-refractivity contribution >= 4 is 17.5 Å². The Kier molecular flexibility index (Phi) is 5.19. The number of benzene rings is 2. The Morgan fingerprint density at radius 2 is 1.81 bits per heavy atom. The van der Waals surface area contributed by atoms with Crippen molar-refractivity contribution in [2.45, 2.75) is 13.0 Å². The number of carbonyl (C=O) groups excluding carboxylic acids is 1. The summed E-state index contributed by atoms with van der Waals surface area (Å²) in [6, 6.07) is 19.0. The lowest BCUT2D eigenvalue weighted by Crippen LogP contribution is -2.32. The van der Waals surface area contributed by atoms with Gasteiger partial charge in [-0.25, -0.2) is 0 Å². The molecular weight excluding hydrogens is 350 g/mol. The molecule has 0 N–H and O–H groups in total. The molecular formula is C20H18ClN3O2. The SMILES string of the molecule is CC(c1cccc(Cl)c1)N(C)C(=O)c1ccc(=O)n(-c2ccccc2)n1. The molecule has 0 spiro atoms. The molecule has 0 aliphatic rings. The molecule has 132 valence electrons. The average Bonchev–Trinajstić information content (AvgIpc) is 2.67. The summed E-state index contributed by atoms with van der Waals surface area (Å²) in [6.07, 6.45) is 0. The molecule has 6 heteroatoms. The fraction of sp³-hybridized carbons (Fsp3) is 0.150. The molecule has 0 aliphatic carbocycles. The maximum absolute atomic E-state index is 12.9. The van der Waals surface area contributed by atoms with E-state index in [1.54, 1.807) is 30.1 Å². The number of rotatable bonds is 4. The van der Waals surface area contributed by atoms with Gasteiger partial charge < -0.3 is 4.90 Å². The van der Waals surface area contributed by atoms with Crippen molar-refractivity contribution in [1.82, 2.24) is 14.7 Å². The molecule has 0 saturated heterocycles. The molecule has 0 saturated carbocycles. The van der Waals surface area contributed by atoms with Crippen molar-refractivity contribution in [3.63, 3.8) is 0 Å². The van der Waals surface area contributed by atoms with Crippen LogP contribution in [0.1, 0.15) is 29.0 Å². The Morgan fingerprint density at radius 3 is 2.50 bits per heavy atom. The van der Waals surface area contributed by atoms with E-state index in [0.717, 1.165) is 5.56 Å². The van der Waals surface area contributed by atoms with Gasteiger partial charge in [0.15, 0.2) is 0 Å². The topological polar surface area (TPSA) is 55.2 Å². The van der Waals surface area contributed by atoms with Crippen LogP contribution in [0.25, 0.3) is 5.69 Å². The summed E-state index contributed by atoms with van der Waals surface area (Å²) in [7, 11) is 1.70. The van der Waals surface area contributed by atoms with Crippen LogP contribution in [-0.4, -0.2) is 27.6 Å². The highest BCUT2D eigenvalue weighted by molar-refractivity contribution is 6.30. The van der Waals surface area contributed by atoms with Gasteiger partial charge in [0.2, 0.25) is 0 Å². The molecule has 1 heterocycles. The molecule has 5 nitrogen and oxygen atoms in total. The Morgan fingerprint density at radius 1 is 1.08 bits per heavy atom. The minimum absolute atomic E-state index is 0.194. The molecule has 0 radical (unpaired) electrons. The summed E-state index contributed by atoms with van der Waals surface area (Å²) in [6.45, 7) is 1.91. The Labute approximate surface area is 156 Å². The number of carbonyl (C=O) groups is 1. The van der Waals surface area contributed by atoms with E-state index in [1.807, 2.05) is 43.3 Å². The lowest BCUT2D eigenvalue weighted by atomic mass is 10.1. The first kappa shape index (κ1) is 17.9. The van der Waals surface area contributed by atoms with Gasteiger partial charge in [0.25, 0.3) is 11.5 Å². The third kappa shape index (κ3) is 3.68. The van der Waals surface area contributed by atoms with Crippen LogP contribution in [0.5, 0.6) is 0 Å². The standard InChI is InChI=1S/C20H18ClN3O2/c1-14(15-7-6-8-16(21)13-15)23(2)20(26)18-11-12-19(25)24(22-18)17-9-4-3-5-10-17/h3-14H,1-2H3. The van der Waals surface area contributed by atoms with Crippen molar-refractivity contribution in [2.75, 3.05) is 7.05 Å². The third-order valence-corrected chi connectivity index (χ3v) is 4.49. The van der Waals surface area contributed by atoms with Crippen LogP contribution in [0.3, 0.4) is 0 Å². The van der Waals surface area contributed by atoms with E-state index >= 15 is 0 Å². The quantitative estimate of drug-likeness (QED) is 0.706. The first-order valence-corrected chi connectivity index (χ1v) is 8.53. The molecule has 1 atom stereocenters. The van der Waals surface area contributed by atoms with E-state index in [1.165, 1.54) is 16.8 Å². The second-order valence-corrected chi connectivity index (χ2v) is 6.39. The second-order valence-electron chi connectivity index (χ2n) is 5.95. The van der Waals surface area contributed by atoms with Gasteiger partial charge in [-0.05, 0) is 42.8 Å². The summed E-state index contributed by atoms with van der Waals surface area (Å²) in [5, 5.41) is 4.86. The number of aromatic nitrogens is 2. The number of nitrogens with zero attached hydrogens (tertiary/aromatic N) is 3. The first-order chi connectivity index (χ1) is 12.5. The highest BCUT2D eigenvalue weighted by Gasteiger charge is 2.21. The first-order valence-electron chi connectivity index (χ1n) is 8.16. The minimum atomic E-state index is -0.293. The lowest BCUT2D eigenvalue weighted by Gasteiger charge is -2.25. The predicted molar refractivity (Wildman–Crippen MR) is 102 cm³/mol. The van der Waals surface area contributed by atoms with E-state index in [0.29, 0.717) is 10.7 Å². The van der Waals surface area contributed by atoms with Gasteiger partial charge >= 0.3 is 0 Å². The summed E-state index contributed by atoms with van der Waals surface area (Å²) >= 11 is 6.04. The third-order valence-electron chi connectivity index (χ3n) is 4.25. The van der Waals surface area contributed by atoms with Crippen LogP contribution in [0, 0.1) is 0 Å². The van der Waals surface area contributed by atoms with Crippen LogP contribution in [0.15, 0.2) is 71.5 Å². The van der Waals surface area contributed by atoms with Crippen LogP contribution in [-0.2, 0) is 0 Å². The van der Waals surface area contributed by atoms with E-state index in [2.05, 4.69) is 5.10 Å². The van der Waals surface area contributed by atoms with Crippen molar-refractivity contribution in [1.29, 1.82) is 0 Å². The van der Waals surface area contributed by atoms with Gasteiger partial charge in [-0.15, -0.1) is 0 Å². The average molecular weight is 368 g/mol. The van der Waals surface area contributed by atoms with Gasteiger partial charge in [0.1, 0.15) is 5.69 Å². The van der Waals surface area contributed by atoms with E-state index < -0.39 is 0 Å². The van der Waals surface area contributed by atoms with Gasteiger partial charge in [-0.3, -0.25) is 9.59 Å². The molecule has 2 aromatic carbocycles. The Balaban J connectivity index is 1.91. The highest BCUT2D eigenvalue weighted by atomic mass is 35.5. The smallest absolute Gasteiger partial charge is 0.274 e. The molecule has 0 fully saturated rings. The molecule has 1 amide bonds. The largest absolute Gasteiger partial charge is 0.334 e. The van der Waals surface area contributed by atoms with Crippen LogP contribution in [0.2, 0.25) is 5.02 Å². The molecule has 3 rings (SSSR count). The monoisotopic (exact) mass is 367 g/mol. The van der Waals surface area contributed by atoms with Crippen LogP contribution < -0.4 is 5.56 Å². The normalized spacial score (nSPS) is 11.8. The summed E-state index contributed by atoms with van der Waals surface area (Å²) in [5.41, 5.74) is 1.44. The zero-order chi connectivity index (χ0) is 18.7. The Hall–Kier alpha value is -2.92. The molecule has 3 aromatic rings. The Bertz CT molecular complexity index is 986. The molecule has 0 bridgehead atoms. The number of hydrogen-bond donors (Lipinski definition) is 0. The number of para-hydroxylation sites is 1. The van der Waals surface area contributed by atoms with Crippen LogP contribution >= 0.6 is 11.6 Å². The predicted octanol–water partition coefficient (Wildman–Crippen LogP) is 3.72. The molecule has 1 unspecified atom stereocenters. The summed E-state index contributed by atoms with van der Waals surface area (Å²) < 4.78 is 1.23. The van der Waals surface area contributed by atoms with Crippen molar-refractivity contribution in [3.8, 4) is 5.69 Å². The molecule has 26 heavy (non-hydrogen) atoms. The van der Waals surface area contributed by atoms with Crippen molar-refractivity contribution in [3.05, 3.63) is 93.4 Å². The fourth-order valence-corrected chi connectivity index (χ4v) is 2.82. The number of halogens is 1. The lowest BCUT2D eigenvalue weighted by molar-refractivity contribution is 0.0734. The number of hydrogen-bond acceptors (Lipinski definition) is 3. The van der Waals surface area contributed by atoms with E-state index in [9.17, 15) is 9.59 Å². The number of amides is 1. The van der Waals surface area contributed by atoms with Crippen LogP contribution in [0.4, 0.5) is 0 Å². The van der Waals surface area contributed by atoms with Crippen molar-refractivity contribution < 1.29 is 4.79 Å². The minimum Gasteiger partial charge on any atom is -0.334 e. The highest BCUT2D eigenvalue weighted by Crippen LogP contribution is 2.23. The summed E-state index contributed by atoms with van der Waals surface area (Å²) in [4.78, 5) is 26.5. The van der Waals surface area contributed by atoms with Gasteiger partial charge in [0.05, 0.1) is 11.7 Å². The van der Waals surface area contributed by atoms with Gasteiger partial charge in [-0.2, -0.15) is 9.78 Å². The zero-order valence-electron chi connectivity index (χ0n) is 14.5. The molecule has 0 aliphatic heterocycles. The van der Waals surface area contributed by atoms with E-state index in [4.69, 9.17) is 11.6 Å². The van der Waals surface area contributed by atoms with Gasteiger partial charge in [-0.1, -0.05) is 41.9 Å².